The number of nitrogen functional groups attached to an aromatic ring is 1. The van der Waals surface area contributed by atoms with Crippen LogP contribution < -0.4 is 11.1 Å². The normalized spacial score (nSPS) is 10.3. The average Bonchev–Trinajstić information content (AvgIpc) is 2.31. The minimum absolute atomic E-state index is 0.0571. The Morgan fingerprint density at radius 2 is 1.74 bits per heavy atom. The average molecular weight is 262 g/mol. The third-order valence-electron chi connectivity index (χ3n) is 2.66. The summed E-state index contributed by atoms with van der Waals surface area (Å²) in [6, 6.07) is 7.63. The summed E-state index contributed by atoms with van der Waals surface area (Å²) in [5.74, 6) is -1.98. The molecule has 0 aliphatic heterocycles. The Balaban J connectivity index is 2.22. The quantitative estimate of drug-likeness (QED) is 0.817. The number of benzene rings is 2. The Bertz CT molecular complexity index is 621. The third-order valence-corrected chi connectivity index (χ3v) is 2.66. The van der Waals surface area contributed by atoms with Crippen molar-refractivity contribution in [1.29, 1.82) is 0 Å². The number of amides is 1. The van der Waals surface area contributed by atoms with Gasteiger partial charge in [-0.2, -0.15) is 0 Å². The third kappa shape index (κ3) is 3.07. The highest BCUT2D eigenvalue weighted by Gasteiger charge is 2.09. The number of nitrogens with two attached hydrogens (primary N) is 1. The maximum absolute atomic E-state index is 13.0. The van der Waals surface area contributed by atoms with Gasteiger partial charge < -0.3 is 11.1 Å². The van der Waals surface area contributed by atoms with E-state index in [2.05, 4.69) is 5.32 Å². The first-order valence-electron chi connectivity index (χ1n) is 5.59. The molecule has 0 aromatic heterocycles. The Labute approximate surface area is 109 Å². The molecular formula is C14H12F2N2O. The molecule has 5 heteroatoms. The van der Waals surface area contributed by atoms with E-state index in [0.29, 0.717) is 11.3 Å². The summed E-state index contributed by atoms with van der Waals surface area (Å²) >= 11 is 0. The van der Waals surface area contributed by atoms with E-state index in [9.17, 15) is 13.6 Å². The molecule has 2 aromatic rings. The standard InChI is InChI=1S/C14H12F2N2O/c1-8-2-3-9(4-13(8)17)14(19)18-12-6-10(15)5-11(16)7-12/h2-7H,17H2,1H3,(H,18,19). The number of nitrogens with one attached hydrogen (secondary N) is 1. The van der Waals surface area contributed by atoms with Gasteiger partial charge in [0.2, 0.25) is 0 Å². The summed E-state index contributed by atoms with van der Waals surface area (Å²) in [4.78, 5) is 11.9. The Kier molecular flexibility index (Phi) is 3.46. The molecule has 0 radical (unpaired) electrons. The van der Waals surface area contributed by atoms with Crippen molar-refractivity contribution in [2.75, 3.05) is 11.1 Å². The first-order valence-corrected chi connectivity index (χ1v) is 5.59. The fourth-order valence-corrected chi connectivity index (χ4v) is 1.61. The van der Waals surface area contributed by atoms with E-state index in [-0.39, 0.29) is 5.69 Å². The molecule has 0 saturated carbocycles. The van der Waals surface area contributed by atoms with E-state index in [1.54, 1.807) is 12.1 Å². The van der Waals surface area contributed by atoms with E-state index < -0.39 is 17.5 Å². The van der Waals surface area contributed by atoms with Crippen LogP contribution in [-0.4, -0.2) is 5.91 Å². The molecule has 0 atom stereocenters. The molecule has 2 rings (SSSR count). The molecule has 1 amide bonds. The Hall–Kier alpha value is -2.43. The van der Waals surface area contributed by atoms with Crippen molar-refractivity contribution in [3.05, 3.63) is 59.2 Å². The van der Waals surface area contributed by atoms with Crippen LogP contribution in [0.2, 0.25) is 0 Å². The van der Waals surface area contributed by atoms with E-state index in [1.807, 2.05) is 6.92 Å². The number of anilines is 2. The topological polar surface area (TPSA) is 55.1 Å². The van der Waals surface area contributed by atoms with Crippen LogP contribution in [0.1, 0.15) is 15.9 Å². The molecule has 0 fully saturated rings. The van der Waals surface area contributed by atoms with Gasteiger partial charge in [-0.3, -0.25) is 4.79 Å². The van der Waals surface area contributed by atoms with Crippen LogP contribution >= 0.6 is 0 Å². The van der Waals surface area contributed by atoms with Crippen LogP contribution in [0.4, 0.5) is 20.2 Å². The smallest absolute Gasteiger partial charge is 0.255 e. The minimum atomic E-state index is -0.751. The SMILES string of the molecule is Cc1ccc(C(=O)Nc2cc(F)cc(F)c2)cc1N. The predicted octanol–water partition coefficient (Wildman–Crippen LogP) is 3.11. The van der Waals surface area contributed by atoms with E-state index in [4.69, 9.17) is 5.73 Å². The maximum Gasteiger partial charge on any atom is 0.255 e. The lowest BCUT2D eigenvalue weighted by Gasteiger charge is -2.07. The van der Waals surface area contributed by atoms with Crippen molar-refractivity contribution in [3.63, 3.8) is 0 Å². The number of halogens is 2. The zero-order chi connectivity index (χ0) is 14.0. The molecule has 0 aliphatic carbocycles. The van der Waals surface area contributed by atoms with Crippen LogP contribution in [0.5, 0.6) is 0 Å². The summed E-state index contributed by atoms with van der Waals surface area (Å²) in [6.45, 7) is 1.82. The molecule has 0 spiro atoms. The Morgan fingerprint density at radius 1 is 1.11 bits per heavy atom. The summed E-state index contributed by atoms with van der Waals surface area (Å²) < 4.78 is 26.0. The predicted molar refractivity (Wildman–Crippen MR) is 69.9 cm³/mol. The number of hydrogen-bond donors (Lipinski definition) is 2. The number of rotatable bonds is 2. The molecule has 0 heterocycles. The van der Waals surface area contributed by atoms with Crippen LogP contribution in [0, 0.1) is 18.6 Å². The van der Waals surface area contributed by atoms with Gasteiger partial charge in [0, 0.05) is 23.0 Å². The second-order valence-corrected chi connectivity index (χ2v) is 4.18. The molecule has 0 bridgehead atoms. The van der Waals surface area contributed by atoms with Crippen LogP contribution in [-0.2, 0) is 0 Å². The molecule has 19 heavy (non-hydrogen) atoms. The van der Waals surface area contributed by atoms with Gasteiger partial charge in [0.1, 0.15) is 11.6 Å². The fraction of sp³-hybridized carbons (Fsp3) is 0.0714. The second kappa shape index (κ2) is 5.06. The molecular weight excluding hydrogens is 250 g/mol. The molecule has 0 aliphatic rings. The summed E-state index contributed by atoms with van der Waals surface area (Å²) in [5, 5.41) is 2.41. The zero-order valence-electron chi connectivity index (χ0n) is 10.2. The first kappa shape index (κ1) is 13.0. The second-order valence-electron chi connectivity index (χ2n) is 4.18. The summed E-state index contributed by atoms with van der Waals surface area (Å²) in [7, 11) is 0. The highest BCUT2D eigenvalue weighted by molar-refractivity contribution is 6.04. The van der Waals surface area contributed by atoms with Gasteiger partial charge in [0.25, 0.3) is 5.91 Å². The lowest BCUT2D eigenvalue weighted by Crippen LogP contribution is -2.12. The van der Waals surface area contributed by atoms with Crippen LogP contribution in [0.15, 0.2) is 36.4 Å². The van der Waals surface area contributed by atoms with Gasteiger partial charge in [0.15, 0.2) is 0 Å². The monoisotopic (exact) mass is 262 g/mol. The van der Waals surface area contributed by atoms with Crippen LogP contribution in [0.25, 0.3) is 0 Å². The number of hydrogen-bond acceptors (Lipinski definition) is 2. The highest BCUT2D eigenvalue weighted by atomic mass is 19.1. The van der Waals surface area contributed by atoms with Gasteiger partial charge in [-0.1, -0.05) is 6.07 Å². The Morgan fingerprint density at radius 3 is 2.32 bits per heavy atom. The first-order chi connectivity index (χ1) is 8.95. The molecule has 2 aromatic carbocycles. The van der Waals surface area contributed by atoms with Crippen molar-refractivity contribution in [2.45, 2.75) is 6.92 Å². The molecule has 0 unspecified atom stereocenters. The van der Waals surface area contributed by atoms with Crippen molar-refractivity contribution in [1.82, 2.24) is 0 Å². The van der Waals surface area contributed by atoms with E-state index in [1.165, 1.54) is 6.07 Å². The fourth-order valence-electron chi connectivity index (χ4n) is 1.61. The maximum atomic E-state index is 13.0. The molecule has 0 saturated heterocycles. The molecule has 3 nitrogen and oxygen atoms in total. The highest BCUT2D eigenvalue weighted by Crippen LogP contribution is 2.16. The van der Waals surface area contributed by atoms with E-state index >= 15 is 0 Å². The van der Waals surface area contributed by atoms with Gasteiger partial charge >= 0.3 is 0 Å². The zero-order valence-corrected chi connectivity index (χ0v) is 10.2. The van der Waals surface area contributed by atoms with Crippen LogP contribution in [0.3, 0.4) is 0 Å². The van der Waals surface area contributed by atoms with Gasteiger partial charge in [-0.05, 0) is 36.8 Å². The number of aryl methyl sites for hydroxylation is 1. The van der Waals surface area contributed by atoms with Gasteiger partial charge in [-0.25, -0.2) is 8.78 Å². The number of carbonyl (C=O) groups is 1. The van der Waals surface area contributed by atoms with Gasteiger partial charge in [0.05, 0.1) is 0 Å². The lowest BCUT2D eigenvalue weighted by atomic mass is 10.1. The number of carbonyl (C=O) groups excluding carboxylic acids is 1. The molecule has 98 valence electrons. The van der Waals surface area contributed by atoms with Crippen molar-refractivity contribution in [2.24, 2.45) is 0 Å². The minimum Gasteiger partial charge on any atom is -0.398 e. The van der Waals surface area contributed by atoms with E-state index in [0.717, 1.165) is 23.8 Å². The summed E-state index contributed by atoms with van der Waals surface area (Å²) in [5.41, 5.74) is 7.42. The van der Waals surface area contributed by atoms with Crippen molar-refractivity contribution < 1.29 is 13.6 Å². The summed E-state index contributed by atoms with van der Waals surface area (Å²) in [6.07, 6.45) is 0. The van der Waals surface area contributed by atoms with Gasteiger partial charge in [-0.15, -0.1) is 0 Å². The largest absolute Gasteiger partial charge is 0.398 e. The van der Waals surface area contributed by atoms with Crippen molar-refractivity contribution >= 4 is 17.3 Å². The van der Waals surface area contributed by atoms with Crippen molar-refractivity contribution in [3.8, 4) is 0 Å². The lowest BCUT2D eigenvalue weighted by molar-refractivity contribution is 0.102. The molecule has 3 N–H and O–H groups in total.